The zero-order chi connectivity index (χ0) is 15.2. The van der Waals surface area contributed by atoms with Crippen LogP contribution >= 0.6 is 0 Å². The Balaban J connectivity index is 1.99. The van der Waals surface area contributed by atoms with Gasteiger partial charge < -0.3 is 5.11 Å². The predicted molar refractivity (Wildman–Crippen MR) is 76.8 cm³/mol. The van der Waals surface area contributed by atoms with Crippen LogP contribution < -0.4 is 4.72 Å². The molecule has 2 N–H and O–H groups in total. The molecule has 3 unspecified atom stereocenters. The van der Waals surface area contributed by atoms with Crippen molar-refractivity contribution in [2.45, 2.75) is 58.9 Å². The molecule has 0 aromatic carbocycles. The Morgan fingerprint density at radius 3 is 2.45 bits per heavy atom. The maximum Gasteiger partial charge on any atom is 0.303 e. The third kappa shape index (κ3) is 2.60. The molecule has 2 aliphatic carbocycles. The van der Waals surface area contributed by atoms with Crippen molar-refractivity contribution < 1.29 is 18.3 Å². The average molecular weight is 303 g/mol. The highest BCUT2D eigenvalue weighted by Gasteiger charge is 2.61. The van der Waals surface area contributed by atoms with Crippen molar-refractivity contribution in [1.82, 2.24) is 4.72 Å². The molecular weight excluding hydrogens is 278 g/mol. The number of carboxylic acids is 1. The summed E-state index contributed by atoms with van der Waals surface area (Å²) in [5.74, 6) is -0.468. The van der Waals surface area contributed by atoms with Crippen molar-refractivity contribution in [3.63, 3.8) is 0 Å². The maximum atomic E-state index is 12.1. The van der Waals surface area contributed by atoms with Gasteiger partial charge in [0, 0.05) is 12.5 Å². The standard InChI is InChI=1S/C14H25NO4S/c1-13(2)10-6-7-14(13,3)11(9-10)15-20(18,19)8-4-5-12(16)17/h10-11,15H,4-9H2,1-3H3,(H,16,17). The number of nitrogens with one attached hydrogen (secondary N) is 1. The smallest absolute Gasteiger partial charge is 0.303 e. The lowest BCUT2D eigenvalue weighted by molar-refractivity contribution is -0.137. The molecule has 2 aliphatic rings. The Bertz CT molecular complexity index is 499. The molecule has 0 aromatic rings. The Labute approximate surface area is 121 Å². The first-order valence-corrected chi connectivity index (χ1v) is 8.95. The molecule has 20 heavy (non-hydrogen) atoms. The van der Waals surface area contributed by atoms with E-state index in [0.29, 0.717) is 5.92 Å². The number of carboxylic acid groups (broad SMARTS) is 1. The summed E-state index contributed by atoms with van der Waals surface area (Å²) in [6.07, 6.45) is 3.22. The summed E-state index contributed by atoms with van der Waals surface area (Å²) < 4.78 is 27.0. The molecule has 6 heteroatoms. The fourth-order valence-corrected chi connectivity index (χ4v) is 5.50. The summed E-state index contributed by atoms with van der Waals surface area (Å²) in [7, 11) is -3.38. The SMILES string of the molecule is CC1(C)C2CCC1(C)C(NS(=O)(=O)CCCC(=O)O)C2. The monoisotopic (exact) mass is 303 g/mol. The Morgan fingerprint density at radius 2 is 2.00 bits per heavy atom. The molecule has 0 aromatic heterocycles. The molecule has 2 bridgehead atoms. The van der Waals surface area contributed by atoms with Gasteiger partial charge in [0.05, 0.1) is 5.75 Å². The minimum atomic E-state index is -3.38. The Morgan fingerprint density at radius 1 is 1.35 bits per heavy atom. The Kier molecular flexibility index (Phi) is 3.93. The average Bonchev–Trinajstić information content (AvgIpc) is 2.60. The topological polar surface area (TPSA) is 83.5 Å². The van der Waals surface area contributed by atoms with Gasteiger partial charge in [-0.3, -0.25) is 4.79 Å². The minimum absolute atomic E-state index is 0.00826. The zero-order valence-electron chi connectivity index (χ0n) is 12.5. The molecule has 0 saturated heterocycles. The second-order valence-corrected chi connectivity index (χ2v) is 8.97. The van der Waals surface area contributed by atoms with Gasteiger partial charge in [0.25, 0.3) is 0 Å². The normalized spacial score (nSPS) is 35.4. The first-order chi connectivity index (χ1) is 9.08. The van der Waals surface area contributed by atoms with Crippen LogP contribution in [0, 0.1) is 16.7 Å². The largest absolute Gasteiger partial charge is 0.481 e. The maximum absolute atomic E-state index is 12.1. The molecule has 0 radical (unpaired) electrons. The van der Waals surface area contributed by atoms with Crippen LogP contribution in [0.2, 0.25) is 0 Å². The summed E-state index contributed by atoms with van der Waals surface area (Å²) in [5.41, 5.74) is 0.179. The van der Waals surface area contributed by atoms with E-state index in [4.69, 9.17) is 5.11 Å². The summed E-state index contributed by atoms with van der Waals surface area (Å²) in [6, 6.07) is -0.00826. The van der Waals surface area contributed by atoms with E-state index in [1.165, 1.54) is 6.42 Å². The number of rotatable bonds is 6. The van der Waals surface area contributed by atoms with Gasteiger partial charge in [0.1, 0.15) is 0 Å². The first-order valence-electron chi connectivity index (χ1n) is 7.30. The van der Waals surface area contributed by atoms with Gasteiger partial charge in [-0.1, -0.05) is 20.8 Å². The van der Waals surface area contributed by atoms with E-state index in [9.17, 15) is 13.2 Å². The lowest BCUT2D eigenvalue weighted by Gasteiger charge is -2.39. The summed E-state index contributed by atoms with van der Waals surface area (Å²) in [5, 5.41) is 8.57. The van der Waals surface area contributed by atoms with Crippen LogP contribution in [0.4, 0.5) is 0 Å². The summed E-state index contributed by atoms with van der Waals surface area (Å²) in [6.45, 7) is 6.66. The molecule has 3 atom stereocenters. The van der Waals surface area contributed by atoms with E-state index in [1.54, 1.807) is 0 Å². The van der Waals surface area contributed by atoms with Crippen LogP contribution in [0.25, 0.3) is 0 Å². The van der Waals surface area contributed by atoms with Crippen LogP contribution in [-0.4, -0.2) is 31.3 Å². The third-order valence-electron chi connectivity index (χ3n) is 5.92. The quantitative estimate of drug-likeness (QED) is 0.786. The van der Waals surface area contributed by atoms with Crippen LogP contribution in [0.15, 0.2) is 0 Å². The van der Waals surface area contributed by atoms with Crippen molar-refractivity contribution in [2.75, 3.05) is 5.75 Å². The van der Waals surface area contributed by atoms with Crippen LogP contribution in [0.1, 0.15) is 52.9 Å². The number of carbonyl (C=O) groups is 1. The van der Waals surface area contributed by atoms with Gasteiger partial charge >= 0.3 is 5.97 Å². The zero-order valence-corrected chi connectivity index (χ0v) is 13.3. The minimum Gasteiger partial charge on any atom is -0.481 e. The van der Waals surface area contributed by atoms with Crippen molar-refractivity contribution in [2.24, 2.45) is 16.7 Å². The number of sulfonamides is 1. The predicted octanol–water partition coefficient (Wildman–Crippen LogP) is 1.99. The lowest BCUT2D eigenvalue weighted by Crippen LogP contribution is -2.47. The van der Waals surface area contributed by atoms with Gasteiger partial charge in [-0.05, 0) is 42.4 Å². The highest BCUT2D eigenvalue weighted by molar-refractivity contribution is 7.89. The van der Waals surface area contributed by atoms with Crippen molar-refractivity contribution >= 4 is 16.0 Å². The second kappa shape index (κ2) is 4.98. The first kappa shape index (κ1) is 15.8. The molecule has 0 aliphatic heterocycles. The molecule has 0 spiro atoms. The van der Waals surface area contributed by atoms with Crippen LogP contribution in [-0.2, 0) is 14.8 Å². The third-order valence-corrected chi connectivity index (χ3v) is 7.39. The van der Waals surface area contributed by atoms with E-state index < -0.39 is 16.0 Å². The summed E-state index contributed by atoms with van der Waals surface area (Å²) in [4.78, 5) is 10.5. The molecule has 2 rings (SSSR count). The van der Waals surface area contributed by atoms with Crippen LogP contribution in [0.3, 0.4) is 0 Å². The number of hydrogen-bond donors (Lipinski definition) is 2. The molecule has 0 heterocycles. The fourth-order valence-electron chi connectivity index (χ4n) is 4.07. The molecular formula is C14H25NO4S. The van der Waals surface area contributed by atoms with E-state index in [-0.39, 0.29) is 35.5 Å². The molecule has 0 amide bonds. The number of aliphatic carboxylic acids is 1. The van der Waals surface area contributed by atoms with Gasteiger partial charge in [0.2, 0.25) is 10.0 Å². The molecule has 116 valence electrons. The van der Waals surface area contributed by atoms with E-state index in [1.807, 2.05) is 0 Å². The number of fused-ring (bicyclic) bond motifs is 2. The van der Waals surface area contributed by atoms with Crippen LogP contribution in [0.5, 0.6) is 0 Å². The van der Waals surface area contributed by atoms with Crippen molar-refractivity contribution in [1.29, 1.82) is 0 Å². The summed E-state index contributed by atoms with van der Waals surface area (Å²) >= 11 is 0. The highest BCUT2D eigenvalue weighted by Crippen LogP contribution is 2.65. The van der Waals surface area contributed by atoms with Crippen molar-refractivity contribution in [3.05, 3.63) is 0 Å². The van der Waals surface area contributed by atoms with Gasteiger partial charge in [-0.25, -0.2) is 13.1 Å². The Hall–Kier alpha value is -0.620. The van der Waals surface area contributed by atoms with E-state index in [0.717, 1.165) is 12.8 Å². The molecule has 2 saturated carbocycles. The molecule has 5 nitrogen and oxygen atoms in total. The molecule has 2 fully saturated rings. The second-order valence-electron chi connectivity index (χ2n) is 7.10. The van der Waals surface area contributed by atoms with Crippen molar-refractivity contribution in [3.8, 4) is 0 Å². The lowest BCUT2D eigenvalue weighted by atomic mass is 9.69. The van der Waals surface area contributed by atoms with Gasteiger partial charge in [-0.15, -0.1) is 0 Å². The van der Waals surface area contributed by atoms with E-state index >= 15 is 0 Å². The van der Waals surface area contributed by atoms with Gasteiger partial charge in [0.15, 0.2) is 0 Å². The van der Waals surface area contributed by atoms with E-state index in [2.05, 4.69) is 25.5 Å². The highest BCUT2D eigenvalue weighted by atomic mass is 32.2. The number of hydrogen-bond acceptors (Lipinski definition) is 3. The fraction of sp³-hybridized carbons (Fsp3) is 0.929. The van der Waals surface area contributed by atoms with Gasteiger partial charge in [-0.2, -0.15) is 0 Å².